The van der Waals surface area contributed by atoms with Gasteiger partial charge in [-0.1, -0.05) is 62.4 Å². The van der Waals surface area contributed by atoms with Gasteiger partial charge in [0.1, 0.15) is 0 Å². The molecule has 2 unspecified atom stereocenters. The van der Waals surface area contributed by atoms with Gasteiger partial charge >= 0.3 is 5.97 Å². The van der Waals surface area contributed by atoms with E-state index in [1.54, 1.807) is 0 Å². The number of amides is 2. The maximum Gasteiger partial charge on any atom is 0.333 e. The van der Waals surface area contributed by atoms with E-state index in [9.17, 15) is 14.4 Å². The van der Waals surface area contributed by atoms with Crippen LogP contribution in [-0.2, 0) is 30.1 Å². The number of carbonyl (C=O) groups excluding carboxylic acids is 3. The van der Waals surface area contributed by atoms with Gasteiger partial charge in [-0.15, -0.1) is 5.06 Å². The first-order valence-corrected chi connectivity index (χ1v) is 14.8. The molecule has 216 valence electrons. The predicted molar refractivity (Wildman–Crippen MR) is 161 cm³/mol. The molecule has 2 atom stereocenters. The summed E-state index contributed by atoms with van der Waals surface area (Å²) >= 11 is 0. The lowest BCUT2D eigenvalue weighted by molar-refractivity contribution is -0.197. The lowest BCUT2D eigenvalue weighted by atomic mass is 9.77. The molecule has 0 aromatic heterocycles. The Bertz CT molecular complexity index is 1390. The van der Waals surface area contributed by atoms with Crippen molar-refractivity contribution in [3.05, 3.63) is 83.6 Å². The van der Waals surface area contributed by atoms with Gasteiger partial charge in [-0.2, -0.15) is 0 Å². The molecule has 1 saturated heterocycles. The smallest absolute Gasteiger partial charge is 0.333 e. The minimum absolute atomic E-state index is 0.0214. The number of likely N-dealkylation sites (N-methyl/N-ethyl adjacent to an activating group) is 2. The molecule has 0 N–H and O–H groups in total. The minimum Gasteiger partial charge on any atom is -0.364 e. The van der Waals surface area contributed by atoms with Crippen molar-refractivity contribution in [3.8, 4) is 0 Å². The molecular formula is C34H41N3O4. The van der Waals surface area contributed by atoms with Crippen molar-refractivity contribution in [2.75, 3.05) is 22.9 Å². The van der Waals surface area contributed by atoms with Crippen LogP contribution < -0.4 is 9.80 Å². The summed E-state index contributed by atoms with van der Waals surface area (Å²) in [6.45, 7) is 13.0. The number of hydrogen-bond donors (Lipinski definition) is 0. The van der Waals surface area contributed by atoms with Gasteiger partial charge in [0.15, 0.2) is 0 Å². The van der Waals surface area contributed by atoms with E-state index >= 15 is 0 Å². The second kappa shape index (κ2) is 11.2. The van der Waals surface area contributed by atoms with E-state index in [1.165, 1.54) is 28.2 Å². The molecule has 41 heavy (non-hydrogen) atoms. The van der Waals surface area contributed by atoms with Gasteiger partial charge in [0.25, 0.3) is 11.8 Å². The van der Waals surface area contributed by atoms with Crippen molar-refractivity contribution in [2.24, 2.45) is 0 Å². The summed E-state index contributed by atoms with van der Waals surface area (Å²) in [6, 6.07) is 17.4. The van der Waals surface area contributed by atoms with Gasteiger partial charge in [-0.05, 0) is 62.9 Å². The Labute approximate surface area is 243 Å². The number of allylic oxidation sites excluding steroid dienone is 3. The van der Waals surface area contributed by atoms with Crippen LogP contribution in [0.2, 0.25) is 0 Å². The van der Waals surface area contributed by atoms with Crippen LogP contribution in [0.25, 0.3) is 0 Å². The van der Waals surface area contributed by atoms with Gasteiger partial charge < -0.3 is 14.6 Å². The van der Waals surface area contributed by atoms with Gasteiger partial charge in [0, 0.05) is 60.3 Å². The molecular weight excluding hydrogens is 514 g/mol. The molecule has 7 nitrogen and oxygen atoms in total. The Morgan fingerprint density at radius 1 is 0.927 bits per heavy atom. The molecule has 3 aliphatic heterocycles. The van der Waals surface area contributed by atoms with E-state index < -0.39 is 17.8 Å². The van der Waals surface area contributed by atoms with Crippen LogP contribution in [-0.4, -0.2) is 42.0 Å². The van der Waals surface area contributed by atoms with Crippen LogP contribution in [0.3, 0.4) is 0 Å². The monoisotopic (exact) mass is 555 g/mol. The Morgan fingerprint density at radius 3 is 2.22 bits per heavy atom. The van der Waals surface area contributed by atoms with E-state index in [1.807, 2.05) is 0 Å². The van der Waals surface area contributed by atoms with Crippen LogP contribution in [0, 0.1) is 0 Å². The largest absolute Gasteiger partial charge is 0.364 e. The van der Waals surface area contributed by atoms with E-state index in [2.05, 4.69) is 111 Å². The fourth-order valence-corrected chi connectivity index (χ4v) is 6.94. The Kier molecular flexibility index (Phi) is 7.82. The van der Waals surface area contributed by atoms with Crippen LogP contribution >= 0.6 is 0 Å². The lowest BCUT2D eigenvalue weighted by Crippen LogP contribution is -2.39. The molecule has 0 bridgehead atoms. The molecule has 3 aliphatic rings. The Hall–Kier alpha value is -3.87. The number of benzene rings is 2. The first-order chi connectivity index (χ1) is 19.6. The second-order valence-electron chi connectivity index (χ2n) is 11.9. The zero-order valence-electron chi connectivity index (χ0n) is 24.9. The quantitative estimate of drug-likeness (QED) is 0.344. The summed E-state index contributed by atoms with van der Waals surface area (Å²) in [4.78, 5) is 46.2. The number of hydrogen-bond acceptors (Lipinski definition) is 6. The summed E-state index contributed by atoms with van der Waals surface area (Å²) in [6.07, 6.45) is 8.38. The fraction of sp³-hybridized carbons (Fsp3) is 0.441. The second-order valence-corrected chi connectivity index (χ2v) is 11.9. The lowest BCUT2D eigenvalue weighted by Gasteiger charge is -2.32. The highest BCUT2D eigenvalue weighted by Crippen LogP contribution is 2.51. The molecule has 1 fully saturated rings. The summed E-state index contributed by atoms with van der Waals surface area (Å²) in [5.74, 6) is -1.46. The number of fused-ring (bicyclic) bond motifs is 2. The number of carbonyl (C=O) groups is 3. The summed E-state index contributed by atoms with van der Waals surface area (Å²) in [5.41, 5.74) is 5.98. The number of para-hydroxylation sites is 2. The number of imide groups is 1. The minimum atomic E-state index is -0.552. The summed E-state index contributed by atoms with van der Waals surface area (Å²) in [5, 5.41) is 0.631. The Balaban J connectivity index is 1.38. The molecule has 0 radical (unpaired) electrons. The van der Waals surface area contributed by atoms with Gasteiger partial charge in [0.2, 0.25) is 0 Å². The van der Waals surface area contributed by atoms with Crippen molar-refractivity contribution in [1.82, 2.24) is 5.06 Å². The van der Waals surface area contributed by atoms with Crippen molar-refractivity contribution in [1.29, 1.82) is 0 Å². The molecule has 7 heteroatoms. The third-order valence-corrected chi connectivity index (χ3v) is 9.09. The molecule has 5 rings (SSSR count). The molecule has 0 aliphatic carbocycles. The zero-order chi connectivity index (χ0) is 29.4. The van der Waals surface area contributed by atoms with E-state index in [0.717, 1.165) is 19.5 Å². The Morgan fingerprint density at radius 2 is 1.56 bits per heavy atom. The number of anilines is 2. The maximum absolute atomic E-state index is 12.5. The normalized spacial score (nSPS) is 24.1. The molecule has 0 spiro atoms. The van der Waals surface area contributed by atoms with Crippen molar-refractivity contribution < 1.29 is 19.2 Å². The first kappa shape index (κ1) is 28.7. The highest BCUT2D eigenvalue weighted by molar-refractivity contribution is 6.01. The predicted octanol–water partition coefficient (Wildman–Crippen LogP) is 6.19. The molecule has 0 saturated carbocycles. The van der Waals surface area contributed by atoms with E-state index in [-0.39, 0.29) is 36.1 Å². The highest BCUT2D eigenvalue weighted by atomic mass is 16.7. The maximum atomic E-state index is 12.5. The number of rotatable bonds is 9. The molecule has 2 aromatic rings. The SMILES string of the molecule is CCN1/C(=C/C=C/C2N(CC)c3ccccc3C2(C)C)C(C)(CCCC(=O)ON2C(=O)CCC2=O)c2ccccc21. The number of hydroxylamine groups is 2. The van der Waals surface area contributed by atoms with Crippen molar-refractivity contribution in [2.45, 2.75) is 83.6 Å². The summed E-state index contributed by atoms with van der Waals surface area (Å²) in [7, 11) is 0. The van der Waals surface area contributed by atoms with E-state index in [0.29, 0.717) is 11.5 Å². The van der Waals surface area contributed by atoms with Gasteiger partial charge in [-0.3, -0.25) is 9.59 Å². The third-order valence-electron chi connectivity index (χ3n) is 9.09. The fourth-order valence-electron chi connectivity index (χ4n) is 6.94. The van der Waals surface area contributed by atoms with Crippen molar-refractivity contribution >= 4 is 29.2 Å². The van der Waals surface area contributed by atoms with Crippen molar-refractivity contribution in [3.63, 3.8) is 0 Å². The molecule has 2 aromatic carbocycles. The molecule has 2 amide bonds. The highest BCUT2D eigenvalue weighted by Gasteiger charge is 2.44. The van der Waals surface area contributed by atoms with Gasteiger partial charge in [-0.25, -0.2) is 4.79 Å². The van der Waals surface area contributed by atoms with Crippen LogP contribution in [0.15, 0.2) is 72.5 Å². The standard InChI is InChI=1S/C34H41N3O4/c1-6-35-26-16-10-8-14-24(26)33(3,4)28(35)18-12-19-29-34(5,25-15-9-11-17-27(25)36(29)7-2)23-13-20-32(40)41-37-30(38)21-22-31(37)39/h8-12,14-19,28H,6-7,13,20-23H2,1-5H3/b18-12+,29-19+. The van der Waals surface area contributed by atoms with Crippen LogP contribution in [0.1, 0.15) is 77.8 Å². The number of nitrogens with zero attached hydrogens (tertiary/aromatic N) is 3. The third kappa shape index (κ3) is 4.96. The average Bonchev–Trinajstić information content (AvgIpc) is 3.49. The molecule has 3 heterocycles. The van der Waals surface area contributed by atoms with Gasteiger partial charge in [0.05, 0.1) is 6.04 Å². The topological polar surface area (TPSA) is 70.2 Å². The average molecular weight is 556 g/mol. The zero-order valence-corrected chi connectivity index (χ0v) is 24.9. The van der Waals surface area contributed by atoms with Crippen LogP contribution in [0.5, 0.6) is 0 Å². The summed E-state index contributed by atoms with van der Waals surface area (Å²) < 4.78 is 0. The van der Waals surface area contributed by atoms with E-state index in [4.69, 9.17) is 4.84 Å². The van der Waals surface area contributed by atoms with Crippen LogP contribution in [0.4, 0.5) is 11.4 Å². The first-order valence-electron chi connectivity index (χ1n) is 14.8.